The Balaban J connectivity index is 1.75. The van der Waals surface area contributed by atoms with Gasteiger partial charge < -0.3 is 19.3 Å². The van der Waals surface area contributed by atoms with E-state index in [9.17, 15) is 4.79 Å². The maximum absolute atomic E-state index is 12.3. The van der Waals surface area contributed by atoms with Crippen molar-refractivity contribution in [3.63, 3.8) is 0 Å². The molecule has 0 spiro atoms. The van der Waals surface area contributed by atoms with Crippen LogP contribution >= 0.6 is 15.9 Å². The number of carbonyl (C=O) groups excluding carboxylic acids is 1. The van der Waals surface area contributed by atoms with Crippen molar-refractivity contribution in [2.24, 2.45) is 0 Å². The van der Waals surface area contributed by atoms with Gasteiger partial charge in [0.25, 0.3) is 0 Å². The molecular formula is C16H22BrN3O3. The maximum atomic E-state index is 12.3. The van der Waals surface area contributed by atoms with Crippen LogP contribution in [0.25, 0.3) is 0 Å². The minimum Gasteiger partial charge on any atom is -0.487 e. The fourth-order valence-electron chi connectivity index (χ4n) is 2.88. The lowest BCUT2D eigenvalue weighted by Crippen LogP contribution is -2.59. The summed E-state index contributed by atoms with van der Waals surface area (Å²) in [6.45, 7) is 10.2. The van der Waals surface area contributed by atoms with Gasteiger partial charge in [-0.1, -0.05) is 0 Å². The Bertz CT molecular complexity index is 630. The van der Waals surface area contributed by atoms with Crippen LogP contribution < -0.4 is 9.64 Å². The van der Waals surface area contributed by atoms with Gasteiger partial charge in [0.05, 0.1) is 6.04 Å². The third-order valence-electron chi connectivity index (χ3n) is 4.03. The molecule has 0 bridgehead atoms. The van der Waals surface area contributed by atoms with E-state index in [0.717, 1.165) is 28.1 Å². The molecule has 0 N–H and O–H groups in total. The molecule has 126 valence electrons. The van der Waals surface area contributed by atoms with E-state index in [1.165, 1.54) is 0 Å². The molecule has 1 amide bonds. The predicted molar refractivity (Wildman–Crippen MR) is 91.1 cm³/mol. The SMILES string of the molecule is Cc1c(Br)cnc2c1OC[C@@H]1CN(C(=O)OC(C)(C)C)CCN21. The van der Waals surface area contributed by atoms with Crippen molar-refractivity contribution in [2.45, 2.75) is 39.3 Å². The Morgan fingerprint density at radius 3 is 2.87 bits per heavy atom. The Morgan fingerprint density at radius 2 is 2.17 bits per heavy atom. The summed E-state index contributed by atoms with van der Waals surface area (Å²) in [6.07, 6.45) is 1.54. The van der Waals surface area contributed by atoms with Crippen molar-refractivity contribution in [3.05, 3.63) is 16.2 Å². The van der Waals surface area contributed by atoms with Gasteiger partial charge in [0.2, 0.25) is 0 Å². The molecule has 0 unspecified atom stereocenters. The fraction of sp³-hybridized carbons (Fsp3) is 0.625. The Morgan fingerprint density at radius 1 is 1.43 bits per heavy atom. The molecule has 1 saturated heterocycles. The highest BCUT2D eigenvalue weighted by Crippen LogP contribution is 2.38. The molecule has 2 aliphatic heterocycles. The Labute approximate surface area is 144 Å². The summed E-state index contributed by atoms with van der Waals surface area (Å²) in [5.41, 5.74) is 0.581. The normalized spacial score (nSPS) is 20.5. The highest BCUT2D eigenvalue weighted by Gasteiger charge is 2.37. The van der Waals surface area contributed by atoms with Crippen molar-refractivity contribution >= 4 is 27.8 Å². The smallest absolute Gasteiger partial charge is 0.410 e. The molecule has 1 aromatic heterocycles. The van der Waals surface area contributed by atoms with Gasteiger partial charge in [-0.25, -0.2) is 9.78 Å². The standard InChI is InChI=1S/C16H22BrN3O3/c1-10-12(17)7-18-14-13(10)22-9-11-8-19(5-6-20(11)14)15(21)23-16(2,3)4/h7,11H,5-6,8-9H2,1-4H3/t11-/m0/s1. The van der Waals surface area contributed by atoms with Gasteiger partial charge in [-0.2, -0.15) is 0 Å². The van der Waals surface area contributed by atoms with Gasteiger partial charge in [0, 0.05) is 35.9 Å². The van der Waals surface area contributed by atoms with E-state index >= 15 is 0 Å². The second-order valence-electron chi connectivity index (χ2n) is 6.97. The molecule has 0 aliphatic carbocycles. The first-order valence-corrected chi connectivity index (χ1v) is 8.58. The molecule has 6 nitrogen and oxygen atoms in total. The predicted octanol–water partition coefficient (Wildman–Crippen LogP) is 2.97. The van der Waals surface area contributed by atoms with Crippen molar-refractivity contribution in [2.75, 3.05) is 31.1 Å². The first kappa shape index (κ1) is 16.4. The van der Waals surface area contributed by atoms with Crippen LogP contribution in [0.1, 0.15) is 26.3 Å². The highest BCUT2D eigenvalue weighted by molar-refractivity contribution is 9.10. The van der Waals surface area contributed by atoms with E-state index in [1.54, 1.807) is 11.1 Å². The lowest BCUT2D eigenvalue weighted by molar-refractivity contribution is 0.0193. The van der Waals surface area contributed by atoms with E-state index in [1.807, 2.05) is 27.7 Å². The number of hydrogen-bond acceptors (Lipinski definition) is 5. The van der Waals surface area contributed by atoms with Crippen LogP contribution in [0.4, 0.5) is 10.6 Å². The number of pyridine rings is 1. The number of anilines is 1. The second kappa shape index (κ2) is 5.85. The number of halogens is 1. The quantitative estimate of drug-likeness (QED) is 0.689. The monoisotopic (exact) mass is 383 g/mol. The van der Waals surface area contributed by atoms with Crippen LogP contribution in [0.15, 0.2) is 10.7 Å². The molecule has 1 aromatic rings. The molecular weight excluding hydrogens is 362 g/mol. The van der Waals surface area contributed by atoms with Gasteiger partial charge >= 0.3 is 6.09 Å². The van der Waals surface area contributed by atoms with Gasteiger partial charge in [0.1, 0.15) is 12.2 Å². The van der Waals surface area contributed by atoms with E-state index in [4.69, 9.17) is 9.47 Å². The van der Waals surface area contributed by atoms with Crippen LogP contribution in [0.5, 0.6) is 5.75 Å². The number of nitrogens with zero attached hydrogens (tertiary/aromatic N) is 3. The van der Waals surface area contributed by atoms with Crippen LogP contribution in [-0.4, -0.2) is 53.9 Å². The molecule has 0 aromatic carbocycles. The second-order valence-corrected chi connectivity index (χ2v) is 7.82. The summed E-state index contributed by atoms with van der Waals surface area (Å²) in [4.78, 5) is 20.8. The first-order valence-electron chi connectivity index (χ1n) is 7.79. The number of rotatable bonds is 0. The molecule has 3 rings (SSSR count). The zero-order valence-corrected chi connectivity index (χ0v) is 15.5. The van der Waals surface area contributed by atoms with Crippen LogP contribution in [0.2, 0.25) is 0 Å². The average Bonchev–Trinajstić information content (AvgIpc) is 2.48. The molecule has 1 atom stereocenters. The summed E-state index contributed by atoms with van der Waals surface area (Å²) in [5.74, 6) is 1.70. The molecule has 23 heavy (non-hydrogen) atoms. The van der Waals surface area contributed by atoms with Gasteiger partial charge in [0.15, 0.2) is 11.6 Å². The number of hydrogen-bond donors (Lipinski definition) is 0. The summed E-state index contributed by atoms with van der Waals surface area (Å²) in [5, 5.41) is 0. The molecule has 0 radical (unpaired) electrons. The Hall–Kier alpha value is -1.50. The van der Waals surface area contributed by atoms with Crippen LogP contribution in [-0.2, 0) is 4.74 Å². The molecule has 0 saturated carbocycles. The third-order valence-corrected chi connectivity index (χ3v) is 4.83. The Kier molecular flexibility index (Phi) is 4.16. The summed E-state index contributed by atoms with van der Waals surface area (Å²) >= 11 is 3.49. The first-order chi connectivity index (χ1) is 10.8. The zero-order valence-electron chi connectivity index (χ0n) is 13.9. The van der Waals surface area contributed by atoms with Gasteiger partial charge in [-0.3, -0.25) is 0 Å². The maximum Gasteiger partial charge on any atom is 0.410 e. The van der Waals surface area contributed by atoms with Crippen LogP contribution in [0, 0.1) is 6.92 Å². The molecule has 3 heterocycles. The van der Waals surface area contributed by atoms with E-state index in [2.05, 4.69) is 25.8 Å². The van der Waals surface area contributed by atoms with Crippen molar-refractivity contribution in [1.82, 2.24) is 9.88 Å². The number of ether oxygens (including phenoxy) is 2. The lowest BCUT2D eigenvalue weighted by Gasteiger charge is -2.45. The number of amides is 1. The lowest BCUT2D eigenvalue weighted by atomic mass is 10.1. The van der Waals surface area contributed by atoms with E-state index < -0.39 is 5.60 Å². The number of fused-ring (bicyclic) bond motifs is 3. The van der Waals surface area contributed by atoms with Crippen LogP contribution in [0.3, 0.4) is 0 Å². The van der Waals surface area contributed by atoms with Gasteiger partial charge in [-0.15, -0.1) is 0 Å². The van der Waals surface area contributed by atoms with E-state index in [0.29, 0.717) is 19.7 Å². The van der Waals surface area contributed by atoms with Crippen molar-refractivity contribution < 1.29 is 14.3 Å². The summed E-state index contributed by atoms with van der Waals surface area (Å²) < 4.78 is 12.3. The summed E-state index contributed by atoms with van der Waals surface area (Å²) in [6, 6.07) is 0.108. The molecule has 2 aliphatic rings. The summed E-state index contributed by atoms with van der Waals surface area (Å²) in [7, 11) is 0. The number of aromatic nitrogens is 1. The highest BCUT2D eigenvalue weighted by atomic mass is 79.9. The zero-order chi connectivity index (χ0) is 16.8. The van der Waals surface area contributed by atoms with Crippen molar-refractivity contribution in [1.29, 1.82) is 0 Å². The minimum atomic E-state index is -0.477. The van der Waals surface area contributed by atoms with Gasteiger partial charge in [-0.05, 0) is 43.6 Å². The average molecular weight is 384 g/mol. The van der Waals surface area contributed by atoms with Crippen molar-refractivity contribution in [3.8, 4) is 5.75 Å². The molecule has 7 heteroatoms. The largest absolute Gasteiger partial charge is 0.487 e. The third kappa shape index (κ3) is 3.24. The number of piperazine rings is 1. The van der Waals surface area contributed by atoms with E-state index in [-0.39, 0.29) is 12.1 Å². The topological polar surface area (TPSA) is 54.9 Å². The number of carbonyl (C=O) groups is 1. The minimum absolute atomic E-state index is 0.108. The molecule has 1 fully saturated rings. The fourth-order valence-corrected chi connectivity index (χ4v) is 3.16.